The number of benzene rings is 3. The fourth-order valence-electron chi connectivity index (χ4n) is 2.95. The standard InChI is InChI=1S/C21H19ClFNO2S/c1-15-8-5-6-11-17(15)21(16-9-3-2-4-10-16)24-27(25,26)14-18-19(22)12-7-13-20(18)23/h2-13,21,24H,14H2,1H3. The quantitative estimate of drug-likeness (QED) is 0.629. The Kier molecular flexibility index (Phi) is 5.95. The number of rotatable bonds is 6. The van der Waals surface area contributed by atoms with Crippen molar-refractivity contribution in [1.82, 2.24) is 4.72 Å². The lowest BCUT2D eigenvalue weighted by Gasteiger charge is -2.22. The maximum Gasteiger partial charge on any atom is 0.216 e. The van der Waals surface area contributed by atoms with Crippen LogP contribution in [-0.2, 0) is 15.8 Å². The van der Waals surface area contributed by atoms with Gasteiger partial charge in [-0.1, -0.05) is 72.3 Å². The molecular formula is C21H19ClFNO2S. The molecule has 0 bridgehead atoms. The van der Waals surface area contributed by atoms with Gasteiger partial charge in [0, 0.05) is 10.6 Å². The second-order valence-corrected chi connectivity index (χ2v) is 8.44. The summed E-state index contributed by atoms with van der Waals surface area (Å²) in [4.78, 5) is 0. The molecule has 0 radical (unpaired) electrons. The molecule has 0 amide bonds. The van der Waals surface area contributed by atoms with Crippen molar-refractivity contribution in [2.45, 2.75) is 18.7 Å². The molecule has 6 heteroatoms. The summed E-state index contributed by atoms with van der Waals surface area (Å²) in [6.45, 7) is 1.92. The van der Waals surface area contributed by atoms with E-state index >= 15 is 0 Å². The molecule has 140 valence electrons. The molecular weight excluding hydrogens is 385 g/mol. The Bertz CT molecular complexity index is 1020. The minimum atomic E-state index is -3.87. The molecule has 0 heterocycles. The molecule has 3 rings (SSSR count). The van der Waals surface area contributed by atoms with Crippen LogP contribution in [-0.4, -0.2) is 8.42 Å². The molecule has 1 N–H and O–H groups in total. The second-order valence-electron chi connectivity index (χ2n) is 6.28. The highest BCUT2D eigenvalue weighted by Crippen LogP contribution is 2.27. The van der Waals surface area contributed by atoms with E-state index in [0.29, 0.717) is 0 Å². The van der Waals surface area contributed by atoms with Gasteiger partial charge < -0.3 is 0 Å². The topological polar surface area (TPSA) is 46.2 Å². The van der Waals surface area contributed by atoms with Crippen molar-refractivity contribution < 1.29 is 12.8 Å². The van der Waals surface area contributed by atoms with E-state index in [9.17, 15) is 12.8 Å². The molecule has 0 aromatic heterocycles. The lowest BCUT2D eigenvalue weighted by molar-refractivity contribution is 0.566. The van der Waals surface area contributed by atoms with Gasteiger partial charge in [0.2, 0.25) is 10.0 Å². The highest BCUT2D eigenvalue weighted by atomic mass is 35.5. The average molecular weight is 404 g/mol. The van der Waals surface area contributed by atoms with Gasteiger partial charge in [0.15, 0.2) is 0 Å². The highest BCUT2D eigenvalue weighted by Gasteiger charge is 2.24. The van der Waals surface area contributed by atoms with E-state index in [4.69, 9.17) is 11.6 Å². The number of nitrogens with one attached hydrogen (secondary N) is 1. The Labute approximate surface area is 163 Å². The SMILES string of the molecule is Cc1ccccc1C(NS(=O)(=O)Cc1c(F)cccc1Cl)c1ccccc1. The van der Waals surface area contributed by atoms with Crippen LogP contribution in [0.4, 0.5) is 4.39 Å². The molecule has 0 saturated heterocycles. The highest BCUT2D eigenvalue weighted by molar-refractivity contribution is 7.88. The third-order valence-electron chi connectivity index (χ3n) is 4.33. The average Bonchev–Trinajstić information content (AvgIpc) is 2.64. The molecule has 0 fully saturated rings. The molecule has 0 saturated carbocycles. The Balaban J connectivity index is 1.98. The third kappa shape index (κ3) is 4.75. The molecule has 3 nitrogen and oxygen atoms in total. The summed E-state index contributed by atoms with van der Waals surface area (Å²) in [5, 5.41) is 0.0903. The van der Waals surface area contributed by atoms with Gasteiger partial charge in [-0.2, -0.15) is 0 Å². The smallest absolute Gasteiger partial charge is 0.212 e. The Morgan fingerprint density at radius 2 is 1.63 bits per heavy atom. The third-order valence-corrected chi connectivity index (χ3v) is 5.94. The predicted octanol–water partition coefficient (Wildman–Crippen LogP) is 5.00. The van der Waals surface area contributed by atoms with Crippen molar-refractivity contribution in [1.29, 1.82) is 0 Å². The van der Waals surface area contributed by atoms with Gasteiger partial charge in [-0.3, -0.25) is 0 Å². The summed E-state index contributed by atoms with van der Waals surface area (Å²) in [5.41, 5.74) is 2.56. The monoisotopic (exact) mass is 403 g/mol. The summed E-state index contributed by atoms with van der Waals surface area (Å²) in [7, 11) is -3.87. The number of aryl methyl sites for hydroxylation is 1. The van der Waals surface area contributed by atoms with E-state index < -0.39 is 27.6 Å². The molecule has 0 aliphatic heterocycles. The van der Waals surface area contributed by atoms with Crippen LogP contribution >= 0.6 is 11.6 Å². The van der Waals surface area contributed by atoms with Gasteiger partial charge in [0.1, 0.15) is 5.82 Å². The van der Waals surface area contributed by atoms with E-state index in [-0.39, 0.29) is 10.6 Å². The normalized spacial score (nSPS) is 12.7. The van der Waals surface area contributed by atoms with Crippen LogP contribution in [0.3, 0.4) is 0 Å². The zero-order chi connectivity index (χ0) is 19.4. The Morgan fingerprint density at radius 3 is 2.30 bits per heavy atom. The first-order chi connectivity index (χ1) is 12.9. The lowest BCUT2D eigenvalue weighted by Crippen LogP contribution is -2.31. The van der Waals surface area contributed by atoms with E-state index in [0.717, 1.165) is 16.7 Å². The first kappa shape index (κ1) is 19.5. The minimum absolute atomic E-state index is 0.0386. The molecule has 1 unspecified atom stereocenters. The fraction of sp³-hybridized carbons (Fsp3) is 0.143. The number of sulfonamides is 1. The summed E-state index contributed by atoms with van der Waals surface area (Å²) in [5.74, 6) is -1.17. The van der Waals surface area contributed by atoms with Crippen LogP contribution in [0.25, 0.3) is 0 Å². The molecule has 0 aliphatic carbocycles. The maximum absolute atomic E-state index is 14.1. The van der Waals surface area contributed by atoms with Gasteiger partial charge >= 0.3 is 0 Å². The maximum atomic E-state index is 14.1. The van der Waals surface area contributed by atoms with Gasteiger partial charge in [-0.25, -0.2) is 17.5 Å². The lowest BCUT2D eigenvalue weighted by atomic mass is 9.96. The van der Waals surface area contributed by atoms with Crippen LogP contribution in [0, 0.1) is 12.7 Å². The van der Waals surface area contributed by atoms with Gasteiger partial charge in [0.25, 0.3) is 0 Å². The van der Waals surface area contributed by atoms with Crippen molar-refractivity contribution >= 4 is 21.6 Å². The van der Waals surface area contributed by atoms with Crippen molar-refractivity contribution in [2.24, 2.45) is 0 Å². The fourth-order valence-corrected chi connectivity index (χ4v) is 4.64. The van der Waals surface area contributed by atoms with Crippen molar-refractivity contribution in [3.63, 3.8) is 0 Å². The molecule has 1 atom stereocenters. The van der Waals surface area contributed by atoms with Crippen LogP contribution in [0.5, 0.6) is 0 Å². The Morgan fingerprint density at radius 1 is 0.963 bits per heavy atom. The van der Waals surface area contributed by atoms with E-state index in [1.807, 2.05) is 61.5 Å². The number of hydrogen-bond acceptors (Lipinski definition) is 2. The van der Waals surface area contributed by atoms with E-state index in [1.165, 1.54) is 18.2 Å². The minimum Gasteiger partial charge on any atom is -0.212 e. The second kappa shape index (κ2) is 8.21. The summed E-state index contributed by atoms with van der Waals surface area (Å²) in [6, 6.07) is 20.4. The zero-order valence-corrected chi connectivity index (χ0v) is 16.3. The largest absolute Gasteiger partial charge is 0.216 e. The van der Waals surface area contributed by atoms with Crippen LogP contribution in [0.1, 0.15) is 28.3 Å². The van der Waals surface area contributed by atoms with E-state index in [1.54, 1.807) is 0 Å². The summed E-state index contributed by atoms with van der Waals surface area (Å²) >= 11 is 6.00. The van der Waals surface area contributed by atoms with Crippen molar-refractivity contribution in [2.75, 3.05) is 0 Å². The number of hydrogen-bond donors (Lipinski definition) is 1. The van der Waals surface area contributed by atoms with Gasteiger partial charge in [-0.05, 0) is 35.7 Å². The van der Waals surface area contributed by atoms with E-state index in [2.05, 4.69) is 4.72 Å². The summed E-state index contributed by atoms with van der Waals surface area (Å²) < 4.78 is 42.4. The molecule has 0 aliphatic rings. The first-order valence-electron chi connectivity index (χ1n) is 8.41. The molecule has 3 aromatic carbocycles. The zero-order valence-electron chi connectivity index (χ0n) is 14.7. The van der Waals surface area contributed by atoms with Crippen LogP contribution in [0.15, 0.2) is 72.8 Å². The van der Waals surface area contributed by atoms with Gasteiger partial charge in [0.05, 0.1) is 11.8 Å². The summed E-state index contributed by atoms with van der Waals surface area (Å²) in [6.07, 6.45) is 0. The van der Waals surface area contributed by atoms with Crippen LogP contribution < -0.4 is 4.72 Å². The molecule has 27 heavy (non-hydrogen) atoms. The van der Waals surface area contributed by atoms with Crippen molar-refractivity contribution in [3.05, 3.63) is 106 Å². The predicted molar refractivity (Wildman–Crippen MR) is 107 cm³/mol. The first-order valence-corrected chi connectivity index (χ1v) is 10.4. The molecule has 3 aromatic rings. The number of halogens is 2. The van der Waals surface area contributed by atoms with Gasteiger partial charge in [-0.15, -0.1) is 0 Å². The molecule has 0 spiro atoms. The van der Waals surface area contributed by atoms with Crippen LogP contribution in [0.2, 0.25) is 5.02 Å². The Hall–Kier alpha value is -2.21. The van der Waals surface area contributed by atoms with Crippen molar-refractivity contribution in [3.8, 4) is 0 Å².